The zero-order valence-corrected chi connectivity index (χ0v) is 6.78. The standard InChI is InChI=1S/C10H9NO/c1-7-5-8-3-2-4-11-9(8)6-10(7)12/h2-6,12H,1H3. The van der Waals surface area contributed by atoms with Gasteiger partial charge >= 0.3 is 0 Å². The van der Waals surface area contributed by atoms with Crippen LogP contribution in [-0.4, -0.2) is 10.1 Å². The molecule has 12 heavy (non-hydrogen) atoms. The summed E-state index contributed by atoms with van der Waals surface area (Å²) in [4.78, 5) is 4.12. The van der Waals surface area contributed by atoms with Crippen molar-refractivity contribution in [1.82, 2.24) is 4.98 Å². The van der Waals surface area contributed by atoms with Crippen molar-refractivity contribution in [2.45, 2.75) is 6.92 Å². The average molecular weight is 159 g/mol. The summed E-state index contributed by atoms with van der Waals surface area (Å²) >= 11 is 0. The fourth-order valence-corrected chi connectivity index (χ4v) is 1.22. The summed E-state index contributed by atoms with van der Waals surface area (Å²) < 4.78 is 0. The van der Waals surface area contributed by atoms with Crippen molar-refractivity contribution in [2.75, 3.05) is 0 Å². The Morgan fingerprint density at radius 1 is 1.33 bits per heavy atom. The maximum Gasteiger partial charge on any atom is 0.120 e. The van der Waals surface area contributed by atoms with Crippen LogP contribution in [0.3, 0.4) is 0 Å². The largest absolute Gasteiger partial charge is 0.508 e. The first kappa shape index (κ1) is 7.10. The van der Waals surface area contributed by atoms with Crippen LogP contribution in [-0.2, 0) is 0 Å². The number of benzene rings is 1. The number of phenols is 1. The quantitative estimate of drug-likeness (QED) is 0.639. The summed E-state index contributed by atoms with van der Waals surface area (Å²) in [5.41, 5.74) is 1.72. The lowest BCUT2D eigenvalue weighted by Gasteiger charge is -2.00. The average Bonchev–Trinajstić information content (AvgIpc) is 2.07. The molecule has 0 aliphatic carbocycles. The van der Waals surface area contributed by atoms with E-state index in [1.165, 1.54) is 0 Å². The molecular weight excluding hydrogens is 150 g/mol. The van der Waals surface area contributed by atoms with Gasteiger partial charge in [0, 0.05) is 17.6 Å². The van der Waals surface area contributed by atoms with E-state index in [-0.39, 0.29) is 0 Å². The van der Waals surface area contributed by atoms with Gasteiger partial charge in [-0.1, -0.05) is 6.07 Å². The molecule has 1 heterocycles. The van der Waals surface area contributed by atoms with Crippen LogP contribution in [0.1, 0.15) is 5.56 Å². The van der Waals surface area contributed by atoms with Crippen molar-refractivity contribution in [3.63, 3.8) is 0 Å². The molecule has 0 fully saturated rings. The van der Waals surface area contributed by atoms with Crippen LogP contribution in [0.4, 0.5) is 0 Å². The number of fused-ring (bicyclic) bond motifs is 1. The molecule has 0 amide bonds. The van der Waals surface area contributed by atoms with Gasteiger partial charge in [0.15, 0.2) is 0 Å². The highest BCUT2D eigenvalue weighted by molar-refractivity contribution is 5.80. The highest BCUT2D eigenvalue weighted by Crippen LogP contribution is 2.21. The number of nitrogens with zero attached hydrogens (tertiary/aromatic N) is 1. The SMILES string of the molecule is Cc1cc2cccnc2cc1O. The molecule has 1 aromatic carbocycles. The number of hydrogen-bond acceptors (Lipinski definition) is 2. The Labute approximate surface area is 70.5 Å². The molecule has 0 aliphatic rings. The second-order valence-corrected chi connectivity index (χ2v) is 2.83. The lowest BCUT2D eigenvalue weighted by atomic mass is 10.1. The zero-order chi connectivity index (χ0) is 8.55. The van der Waals surface area contributed by atoms with E-state index in [9.17, 15) is 5.11 Å². The Hall–Kier alpha value is -1.57. The van der Waals surface area contributed by atoms with Gasteiger partial charge < -0.3 is 5.11 Å². The van der Waals surface area contributed by atoms with Crippen LogP contribution < -0.4 is 0 Å². The van der Waals surface area contributed by atoms with Gasteiger partial charge in [-0.3, -0.25) is 4.98 Å². The zero-order valence-electron chi connectivity index (χ0n) is 6.78. The molecule has 2 heteroatoms. The smallest absolute Gasteiger partial charge is 0.120 e. The van der Waals surface area contributed by atoms with Crippen LogP contribution in [0.5, 0.6) is 5.75 Å². The first-order valence-electron chi connectivity index (χ1n) is 3.82. The van der Waals surface area contributed by atoms with E-state index in [1.54, 1.807) is 12.3 Å². The van der Waals surface area contributed by atoms with Crippen molar-refractivity contribution < 1.29 is 5.11 Å². The topological polar surface area (TPSA) is 33.1 Å². The van der Waals surface area contributed by atoms with E-state index in [0.717, 1.165) is 16.5 Å². The summed E-state index contributed by atoms with van der Waals surface area (Å²) in [7, 11) is 0. The summed E-state index contributed by atoms with van der Waals surface area (Å²) in [5, 5.41) is 10.4. The molecular formula is C10H9NO. The van der Waals surface area contributed by atoms with Crippen molar-refractivity contribution in [3.8, 4) is 5.75 Å². The second kappa shape index (κ2) is 2.48. The predicted octanol–water partition coefficient (Wildman–Crippen LogP) is 2.25. The fourth-order valence-electron chi connectivity index (χ4n) is 1.22. The number of aromatic nitrogens is 1. The van der Waals surface area contributed by atoms with Crippen molar-refractivity contribution >= 4 is 10.9 Å². The molecule has 0 radical (unpaired) electrons. The molecule has 60 valence electrons. The minimum absolute atomic E-state index is 0.307. The minimum atomic E-state index is 0.307. The van der Waals surface area contributed by atoms with Gasteiger partial charge in [0.25, 0.3) is 0 Å². The van der Waals surface area contributed by atoms with E-state index in [1.807, 2.05) is 25.1 Å². The van der Waals surface area contributed by atoms with Gasteiger partial charge in [0.2, 0.25) is 0 Å². The molecule has 0 spiro atoms. The molecule has 0 saturated heterocycles. The Morgan fingerprint density at radius 2 is 2.17 bits per heavy atom. The van der Waals surface area contributed by atoms with E-state index < -0.39 is 0 Å². The van der Waals surface area contributed by atoms with Crippen LogP contribution >= 0.6 is 0 Å². The maximum atomic E-state index is 9.38. The van der Waals surface area contributed by atoms with Crippen LogP contribution in [0.25, 0.3) is 10.9 Å². The highest BCUT2D eigenvalue weighted by Gasteiger charge is 1.98. The molecule has 0 saturated carbocycles. The van der Waals surface area contributed by atoms with Crippen LogP contribution in [0.2, 0.25) is 0 Å². The van der Waals surface area contributed by atoms with E-state index in [0.29, 0.717) is 5.75 Å². The van der Waals surface area contributed by atoms with Gasteiger partial charge in [-0.05, 0) is 24.6 Å². The Morgan fingerprint density at radius 3 is 3.00 bits per heavy atom. The first-order valence-corrected chi connectivity index (χ1v) is 3.82. The number of hydrogen-bond donors (Lipinski definition) is 1. The third-order valence-corrected chi connectivity index (χ3v) is 1.92. The number of rotatable bonds is 0. The molecule has 2 aromatic rings. The van der Waals surface area contributed by atoms with Crippen LogP contribution in [0, 0.1) is 6.92 Å². The number of phenolic OH excluding ortho intramolecular Hbond substituents is 1. The minimum Gasteiger partial charge on any atom is -0.508 e. The summed E-state index contributed by atoms with van der Waals surface area (Å²) in [5.74, 6) is 0.307. The molecule has 0 bridgehead atoms. The molecule has 0 unspecified atom stereocenters. The third-order valence-electron chi connectivity index (χ3n) is 1.92. The number of aryl methyl sites for hydroxylation is 1. The number of pyridine rings is 1. The molecule has 0 aliphatic heterocycles. The van der Waals surface area contributed by atoms with Crippen LogP contribution in [0.15, 0.2) is 30.5 Å². The molecule has 1 aromatic heterocycles. The van der Waals surface area contributed by atoms with Gasteiger partial charge in [-0.15, -0.1) is 0 Å². The van der Waals surface area contributed by atoms with Crippen molar-refractivity contribution in [1.29, 1.82) is 0 Å². The van der Waals surface area contributed by atoms with Gasteiger partial charge in [0.1, 0.15) is 5.75 Å². The fraction of sp³-hybridized carbons (Fsp3) is 0.100. The van der Waals surface area contributed by atoms with Gasteiger partial charge in [-0.2, -0.15) is 0 Å². The normalized spacial score (nSPS) is 10.4. The molecule has 1 N–H and O–H groups in total. The third kappa shape index (κ3) is 1.01. The first-order chi connectivity index (χ1) is 5.77. The molecule has 2 rings (SSSR count). The number of aromatic hydroxyl groups is 1. The van der Waals surface area contributed by atoms with E-state index >= 15 is 0 Å². The predicted molar refractivity (Wildman–Crippen MR) is 48.1 cm³/mol. The van der Waals surface area contributed by atoms with E-state index in [2.05, 4.69) is 4.98 Å². The second-order valence-electron chi connectivity index (χ2n) is 2.83. The monoisotopic (exact) mass is 159 g/mol. The molecule has 0 atom stereocenters. The Kier molecular flexibility index (Phi) is 1.47. The summed E-state index contributed by atoms with van der Waals surface area (Å²) in [6.45, 7) is 1.88. The van der Waals surface area contributed by atoms with E-state index in [4.69, 9.17) is 0 Å². The summed E-state index contributed by atoms with van der Waals surface area (Å²) in [6, 6.07) is 7.48. The van der Waals surface area contributed by atoms with Gasteiger partial charge in [-0.25, -0.2) is 0 Å². The van der Waals surface area contributed by atoms with Crippen molar-refractivity contribution in [2.24, 2.45) is 0 Å². The maximum absolute atomic E-state index is 9.38. The van der Waals surface area contributed by atoms with Crippen molar-refractivity contribution in [3.05, 3.63) is 36.0 Å². The molecule has 2 nitrogen and oxygen atoms in total. The van der Waals surface area contributed by atoms with Gasteiger partial charge in [0.05, 0.1) is 5.52 Å². The lowest BCUT2D eigenvalue weighted by Crippen LogP contribution is -1.79. The Bertz CT molecular complexity index is 383. The summed E-state index contributed by atoms with van der Waals surface area (Å²) in [6.07, 6.45) is 1.72. The highest BCUT2D eigenvalue weighted by atomic mass is 16.3. The lowest BCUT2D eigenvalue weighted by molar-refractivity contribution is 0.472. The Balaban J connectivity index is 2.84.